The minimum atomic E-state index is -0.724. The Morgan fingerprint density at radius 3 is 1.89 bits per heavy atom. The molecular weight excluding hydrogens is 304 g/mol. The Hall–Kier alpha value is -1.76. The summed E-state index contributed by atoms with van der Waals surface area (Å²) in [6.07, 6.45) is -2.03. The van der Waals surface area contributed by atoms with Gasteiger partial charge >= 0.3 is 12.2 Å². The fraction of sp³-hybridized carbons (Fsp3) is 0.273. The van der Waals surface area contributed by atoms with Crippen molar-refractivity contribution >= 4 is 28.1 Å². The van der Waals surface area contributed by atoms with Gasteiger partial charge in [0.1, 0.15) is 6.17 Å². The summed E-state index contributed by atoms with van der Waals surface area (Å²) >= 11 is 3.30. The Morgan fingerprint density at radius 1 is 1.06 bits per heavy atom. The van der Waals surface area contributed by atoms with Gasteiger partial charge in [-0.1, -0.05) is 28.1 Å². The summed E-state index contributed by atoms with van der Waals surface area (Å²) in [5.41, 5.74) is 0.689. The summed E-state index contributed by atoms with van der Waals surface area (Å²) in [6.45, 7) is 0. The minimum absolute atomic E-state index is 0.653. The average Bonchev–Trinajstić information content (AvgIpc) is 2.38. The van der Waals surface area contributed by atoms with Crippen molar-refractivity contribution in [1.29, 1.82) is 0 Å². The van der Waals surface area contributed by atoms with Crippen LogP contribution in [0.2, 0.25) is 0 Å². The number of alkyl carbamates (subject to hydrolysis) is 2. The normalized spacial score (nSPS) is 9.78. The van der Waals surface area contributed by atoms with Gasteiger partial charge in [0.25, 0.3) is 0 Å². The molecule has 7 heteroatoms. The molecule has 98 valence electrons. The average molecular weight is 317 g/mol. The van der Waals surface area contributed by atoms with E-state index in [1.165, 1.54) is 14.2 Å². The van der Waals surface area contributed by atoms with Crippen LogP contribution in [0.3, 0.4) is 0 Å². The van der Waals surface area contributed by atoms with Gasteiger partial charge in [-0.2, -0.15) is 0 Å². The summed E-state index contributed by atoms with van der Waals surface area (Å²) in [5, 5.41) is 4.96. The number of hydrogen-bond acceptors (Lipinski definition) is 4. The number of carbonyl (C=O) groups is 2. The summed E-state index contributed by atoms with van der Waals surface area (Å²) in [4.78, 5) is 22.4. The molecule has 0 aliphatic rings. The predicted octanol–water partition coefficient (Wildman–Crippen LogP) is 2.16. The van der Waals surface area contributed by atoms with Gasteiger partial charge in [0.2, 0.25) is 0 Å². The first-order chi connectivity index (χ1) is 8.56. The Morgan fingerprint density at radius 2 is 1.50 bits per heavy atom. The third kappa shape index (κ3) is 4.25. The smallest absolute Gasteiger partial charge is 0.408 e. The van der Waals surface area contributed by atoms with Gasteiger partial charge in [-0.15, -0.1) is 0 Å². The van der Waals surface area contributed by atoms with Gasteiger partial charge in [0, 0.05) is 4.47 Å². The lowest BCUT2D eigenvalue weighted by atomic mass is 10.2. The Balaban J connectivity index is 2.85. The van der Waals surface area contributed by atoms with Crippen LogP contribution >= 0.6 is 15.9 Å². The van der Waals surface area contributed by atoms with E-state index in [0.717, 1.165) is 4.47 Å². The number of ether oxygens (including phenoxy) is 2. The standard InChI is InChI=1S/C11H13BrN2O4/c1-17-10(15)13-9(14-11(16)18-2)7-3-5-8(12)6-4-7/h3-6,9H,1-2H3,(H,13,15)(H,14,16). The molecule has 0 fully saturated rings. The molecule has 1 aromatic carbocycles. The maximum absolute atomic E-state index is 11.2. The van der Waals surface area contributed by atoms with Crippen LogP contribution in [0, 0.1) is 0 Å². The zero-order valence-electron chi connectivity index (χ0n) is 9.90. The van der Waals surface area contributed by atoms with E-state index in [-0.39, 0.29) is 0 Å². The van der Waals surface area contributed by atoms with Gasteiger partial charge in [0.15, 0.2) is 0 Å². The predicted molar refractivity (Wildman–Crippen MR) is 68.0 cm³/mol. The number of methoxy groups -OCH3 is 2. The third-order valence-electron chi connectivity index (χ3n) is 2.10. The van der Waals surface area contributed by atoms with Crippen molar-refractivity contribution in [2.24, 2.45) is 0 Å². The molecule has 0 saturated heterocycles. The molecule has 0 aromatic heterocycles. The van der Waals surface area contributed by atoms with E-state index in [9.17, 15) is 9.59 Å². The number of amides is 2. The second-order valence-corrected chi connectivity index (χ2v) is 4.17. The molecule has 0 radical (unpaired) electrons. The van der Waals surface area contributed by atoms with Gasteiger partial charge in [-0.05, 0) is 17.7 Å². The Labute approximate surface area is 113 Å². The molecule has 18 heavy (non-hydrogen) atoms. The number of benzene rings is 1. The van der Waals surface area contributed by atoms with E-state index in [0.29, 0.717) is 5.56 Å². The summed E-state index contributed by atoms with van der Waals surface area (Å²) < 4.78 is 9.87. The lowest BCUT2D eigenvalue weighted by molar-refractivity contribution is 0.153. The maximum Gasteiger partial charge on any atom is 0.408 e. The van der Waals surface area contributed by atoms with Crippen LogP contribution in [0.25, 0.3) is 0 Å². The summed E-state index contributed by atoms with van der Waals surface area (Å²) in [6, 6.07) is 7.09. The molecule has 0 spiro atoms. The van der Waals surface area contributed by atoms with Crippen molar-refractivity contribution in [2.75, 3.05) is 14.2 Å². The number of rotatable bonds is 3. The van der Waals surface area contributed by atoms with Gasteiger partial charge in [-0.3, -0.25) is 10.6 Å². The van der Waals surface area contributed by atoms with Crippen molar-refractivity contribution in [3.8, 4) is 0 Å². The monoisotopic (exact) mass is 316 g/mol. The van der Waals surface area contributed by atoms with E-state index < -0.39 is 18.4 Å². The topological polar surface area (TPSA) is 76.7 Å². The fourth-order valence-electron chi connectivity index (χ4n) is 1.21. The third-order valence-corrected chi connectivity index (χ3v) is 2.63. The molecule has 1 aromatic rings. The van der Waals surface area contributed by atoms with Crippen molar-refractivity contribution in [3.63, 3.8) is 0 Å². The van der Waals surface area contributed by atoms with Crippen molar-refractivity contribution in [1.82, 2.24) is 10.6 Å². The highest BCUT2D eigenvalue weighted by Crippen LogP contribution is 2.15. The molecule has 0 bridgehead atoms. The van der Waals surface area contributed by atoms with Gasteiger partial charge in [-0.25, -0.2) is 9.59 Å². The molecule has 0 unspecified atom stereocenters. The molecular formula is C11H13BrN2O4. The zero-order chi connectivity index (χ0) is 13.5. The van der Waals surface area contributed by atoms with Crippen molar-refractivity contribution in [3.05, 3.63) is 34.3 Å². The van der Waals surface area contributed by atoms with Crippen LogP contribution in [-0.4, -0.2) is 26.4 Å². The second-order valence-electron chi connectivity index (χ2n) is 3.26. The van der Waals surface area contributed by atoms with Gasteiger partial charge in [0.05, 0.1) is 14.2 Å². The highest BCUT2D eigenvalue weighted by atomic mass is 79.9. The molecule has 2 N–H and O–H groups in total. The van der Waals surface area contributed by atoms with E-state index in [4.69, 9.17) is 0 Å². The van der Waals surface area contributed by atoms with E-state index in [2.05, 4.69) is 36.0 Å². The number of nitrogens with one attached hydrogen (secondary N) is 2. The molecule has 0 atom stereocenters. The minimum Gasteiger partial charge on any atom is -0.453 e. The van der Waals surface area contributed by atoms with Crippen LogP contribution in [-0.2, 0) is 9.47 Å². The number of carbonyl (C=O) groups excluding carboxylic acids is 2. The van der Waals surface area contributed by atoms with Crippen LogP contribution in [0.15, 0.2) is 28.7 Å². The second kappa shape index (κ2) is 6.85. The first kappa shape index (κ1) is 14.3. The molecule has 2 amide bonds. The fourth-order valence-corrected chi connectivity index (χ4v) is 1.48. The van der Waals surface area contributed by atoms with Crippen LogP contribution in [0.5, 0.6) is 0 Å². The van der Waals surface area contributed by atoms with Crippen molar-refractivity contribution in [2.45, 2.75) is 6.17 Å². The Bertz CT molecular complexity index is 404. The molecule has 1 rings (SSSR count). The molecule has 0 aliphatic carbocycles. The highest BCUT2D eigenvalue weighted by Gasteiger charge is 2.17. The molecule has 0 aliphatic heterocycles. The molecule has 6 nitrogen and oxygen atoms in total. The first-order valence-electron chi connectivity index (χ1n) is 5.01. The Kier molecular flexibility index (Phi) is 5.44. The van der Waals surface area contributed by atoms with E-state index >= 15 is 0 Å². The molecule has 0 saturated carbocycles. The highest BCUT2D eigenvalue weighted by molar-refractivity contribution is 9.10. The largest absolute Gasteiger partial charge is 0.453 e. The summed E-state index contributed by atoms with van der Waals surface area (Å²) in [5.74, 6) is 0. The van der Waals surface area contributed by atoms with Crippen molar-refractivity contribution < 1.29 is 19.1 Å². The zero-order valence-corrected chi connectivity index (χ0v) is 11.5. The SMILES string of the molecule is COC(=O)NC(NC(=O)OC)c1ccc(Br)cc1. The quantitative estimate of drug-likeness (QED) is 0.838. The number of halogens is 1. The summed E-state index contributed by atoms with van der Waals surface area (Å²) in [7, 11) is 2.48. The number of hydrogen-bond donors (Lipinski definition) is 2. The first-order valence-corrected chi connectivity index (χ1v) is 5.80. The van der Waals surface area contributed by atoms with Crippen LogP contribution in [0.1, 0.15) is 11.7 Å². The lowest BCUT2D eigenvalue weighted by Gasteiger charge is -2.19. The molecule has 0 heterocycles. The van der Waals surface area contributed by atoms with Crippen LogP contribution in [0.4, 0.5) is 9.59 Å². The van der Waals surface area contributed by atoms with Gasteiger partial charge < -0.3 is 9.47 Å². The van der Waals surface area contributed by atoms with Crippen LogP contribution < -0.4 is 10.6 Å². The lowest BCUT2D eigenvalue weighted by Crippen LogP contribution is -2.41. The van der Waals surface area contributed by atoms with E-state index in [1.54, 1.807) is 24.3 Å². The van der Waals surface area contributed by atoms with E-state index in [1.807, 2.05) is 0 Å². The maximum atomic E-state index is 11.2.